The van der Waals surface area contributed by atoms with Crippen LogP contribution in [0.5, 0.6) is 11.5 Å². The zero-order valence-electron chi connectivity index (χ0n) is 17.9. The molecule has 0 aliphatic rings. The first-order chi connectivity index (χ1) is 14.9. The molecular weight excluding hydrogens is 502 g/mol. The lowest BCUT2D eigenvalue weighted by molar-refractivity contribution is 0.0984. The Hall–Kier alpha value is -1.87. The molecule has 0 fully saturated rings. The number of fused-ring (bicyclic) bond motifs is 1. The molecule has 0 spiro atoms. The lowest BCUT2D eigenvalue weighted by atomic mass is 10.2. The van der Waals surface area contributed by atoms with Crippen LogP contribution in [-0.4, -0.2) is 56.2 Å². The fourth-order valence-electron chi connectivity index (χ4n) is 3.26. The number of methoxy groups -OCH3 is 2. The topological polar surface area (TPSA) is 54.9 Å². The van der Waals surface area contributed by atoms with Crippen LogP contribution < -0.4 is 14.4 Å². The third-order valence-corrected chi connectivity index (χ3v) is 6.98. The van der Waals surface area contributed by atoms with E-state index in [1.807, 2.05) is 18.2 Å². The summed E-state index contributed by atoms with van der Waals surface area (Å²) in [6.07, 6.45) is 0. The van der Waals surface area contributed by atoms with Gasteiger partial charge in [0, 0.05) is 17.6 Å². The summed E-state index contributed by atoms with van der Waals surface area (Å²) in [7, 11) is 3.22. The van der Waals surface area contributed by atoms with E-state index < -0.39 is 0 Å². The standard InChI is InChI=1S/C22H25BrClN3O3S/c1-5-26(6-2)11-12-27(21(28)15-13-14(23)7-8-16(15)24)22-25-19-17(29-3)9-10-18(30-4)20(19)31-22/h7-10,13H,5-6,11-12H2,1-4H3. The van der Waals surface area contributed by atoms with Crippen LogP contribution >= 0.6 is 38.9 Å². The molecule has 0 aliphatic carbocycles. The highest BCUT2D eigenvalue weighted by molar-refractivity contribution is 9.10. The lowest BCUT2D eigenvalue weighted by Gasteiger charge is -2.25. The number of rotatable bonds is 9. The van der Waals surface area contributed by atoms with Gasteiger partial charge < -0.3 is 14.4 Å². The Labute approximate surface area is 199 Å². The lowest BCUT2D eigenvalue weighted by Crippen LogP contribution is -2.39. The van der Waals surface area contributed by atoms with Gasteiger partial charge in [-0.3, -0.25) is 9.69 Å². The van der Waals surface area contributed by atoms with Gasteiger partial charge in [0.25, 0.3) is 5.91 Å². The van der Waals surface area contributed by atoms with Crippen LogP contribution in [0.3, 0.4) is 0 Å². The van der Waals surface area contributed by atoms with Gasteiger partial charge in [0.15, 0.2) is 5.13 Å². The number of carbonyl (C=O) groups excluding carboxylic acids is 1. The number of halogens is 2. The number of anilines is 1. The molecular formula is C22H25BrClN3O3S. The van der Waals surface area contributed by atoms with E-state index in [0.717, 1.165) is 22.3 Å². The largest absolute Gasteiger partial charge is 0.495 e. The first-order valence-corrected chi connectivity index (χ1v) is 11.9. The summed E-state index contributed by atoms with van der Waals surface area (Å²) in [5.41, 5.74) is 1.09. The Kier molecular flexibility index (Phi) is 8.16. The zero-order valence-corrected chi connectivity index (χ0v) is 21.1. The van der Waals surface area contributed by atoms with Crippen LogP contribution in [0.4, 0.5) is 5.13 Å². The number of aromatic nitrogens is 1. The summed E-state index contributed by atoms with van der Waals surface area (Å²) < 4.78 is 12.6. The molecule has 3 rings (SSSR count). The highest BCUT2D eigenvalue weighted by Crippen LogP contribution is 2.40. The Balaban J connectivity index is 2.09. The van der Waals surface area contributed by atoms with Gasteiger partial charge in [-0.2, -0.15) is 0 Å². The van der Waals surface area contributed by atoms with Gasteiger partial charge in [-0.1, -0.05) is 52.7 Å². The maximum atomic E-state index is 13.6. The van der Waals surface area contributed by atoms with Crippen LogP contribution in [0.1, 0.15) is 24.2 Å². The smallest absolute Gasteiger partial charge is 0.261 e. The predicted molar refractivity (Wildman–Crippen MR) is 131 cm³/mol. The van der Waals surface area contributed by atoms with Crippen LogP contribution in [0, 0.1) is 0 Å². The second kappa shape index (κ2) is 10.6. The fraction of sp³-hybridized carbons (Fsp3) is 0.364. The molecule has 0 radical (unpaired) electrons. The van der Waals surface area contributed by atoms with E-state index in [9.17, 15) is 4.79 Å². The summed E-state index contributed by atoms with van der Waals surface area (Å²) in [5.74, 6) is 1.13. The average molecular weight is 527 g/mol. The van der Waals surface area contributed by atoms with Crippen molar-refractivity contribution in [2.75, 3.05) is 45.3 Å². The van der Waals surface area contributed by atoms with Crippen molar-refractivity contribution in [3.63, 3.8) is 0 Å². The Morgan fingerprint density at radius 3 is 2.42 bits per heavy atom. The number of hydrogen-bond acceptors (Lipinski definition) is 6. The van der Waals surface area contributed by atoms with Gasteiger partial charge in [-0.25, -0.2) is 4.98 Å². The zero-order chi connectivity index (χ0) is 22.5. The van der Waals surface area contributed by atoms with Gasteiger partial charge in [-0.15, -0.1) is 0 Å². The molecule has 0 saturated carbocycles. The number of benzene rings is 2. The van der Waals surface area contributed by atoms with Crippen molar-refractivity contribution in [1.29, 1.82) is 0 Å². The summed E-state index contributed by atoms with van der Waals surface area (Å²) in [6.45, 7) is 7.21. The molecule has 0 unspecified atom stereocenters. The monoisotopic (exact) mass is 525 g/mol. The molecule has 1 amide bonds. The molecule has 0 N–H and O–H groups in total. The third-order valence-electron chi connectivity index (χ3n) is 5.07. The van der Waals surface area contributed by atoms with Crippen LogP contribution in [0.25, 0.3) is 10.2 Å². The van der Waals surface area contributed by atoms with E-state index in [4.69, 9.17) is 26.1 Å². The van der Waals surface area contributed by atoms with Crippen molar-refractivity contribution >= 4 is 60.1 Å². The molecule has 0 atom stereocenters. The second-order valence-corrected chi connectivity index (χ2v) is 9.05. The first kappa shape index (κ1) is 23.8. The molecule has 1 heterocycles. The van der Waals surface area contributed by atoms with E-state index in [1.54, 1.807) is 31.3 Å². The predicted octanol–water partition coefficient (Wildman–Crippen LogP) is 5.72. The van der Waals surface area contributed by atoms with Gasteiger partial charge in [-0.05, 0) is 43.4 Å². The normalized spacial score (nSPS) is 11.2. The number of hydrogen-bond donors (Lipinski definition) is 0. The van der Waals surface area contributed by atoms with E-state index in [-0.39, 0.29) is 5.91 Å². The average Bonchev–Trinajstić information content (AvgIpc) is 3.22. The van der Waals surface area contributed by atoms with E-state index in [2.05, 4.69) is 34.7 Å². The minimum absolute atomic E-state index is 0.199. The number of nitrogens with zero attached hydrogens (tertiary/aromatic N) is 3. The molecule has 6 nitrogen and oxygen atoms in total. The molecule has 2 aromatic carbocycles. The summed E-state index contributed by atoms with van der Waals surface area (Å²) in [6, 6.07) is 8.93. The number of carbonyl (C=O) groups is 1. The molecule has 31 heavy (non-hydrogen) atoms. The molecule has 166 valence electrons. The third kappa shape index (κ3) is 5.14. The molecule has 0 aliphatic heterocycles. The van der Waals surface area contributed by atoms with Crippen LogP contribution in [0.15, 0.2) is 34.8 Å². The Morgan fingerprint density at radius 2 is 1.77 bits per heavy atom. The van der Waals surface area contributed by atoms with Crippen molar-refractivity contribution in [1.82, 2.24) is 9.88 Å². The number of ether oxygens (including phenoxy) is 2. The van der Waals surface area contributed by atoms with Gasteiger partial charge in [0.2, 0.25) is 0 Å². The molecule has 1 aromatic heterocycles. The molecule has 9 heteroatoms. The minimum atomic E-state index is -0.199. The van der Waals surface area contributed by atoms with Crippen LogP contribution in [-0.2, 0) is 0 Å². The van der Waals surface area contributed by atoms with Crippen molar-refractivity contribution in [2.24, 2.45) is 0 Å². The quantitative estimate of drug-likeness (QED) is 0.357. The maximum absolute atomic E-state index is 13.6. The summed E-state index contributed by atoms with van der Waals surface area (Å²) >= 11 is 11.2. The minimum Gasteiger partial charge on any atom is -0.495 e. The highest BCUT2D eigenvalue weighted by Gasteiger charge is 2.25. The van der Waals surface area contributed by atoms with Crippen molar-refractivity contribution < 1.29 is 14.3 Å². The number of amides is 1. The summed E-state index contributed by atoms with van der Waals surface area (Å²) in [4.78, 5) is 22.3. The van der Waals surface area contributed by atoms with Crippen molar-refractivity contribution in [2.45, 2.75) is 13.8 Å². The van der Waals surface area contributed by atoms with E-state index in [0.29, 0.717) is 45.8 Å². The Morgan fingerprint density at radius 1 is 1.10 bits per heavy atom. The first-order valence-electron chi connectivity index (χ1n) is 9.94. The maximum Gasteiger partial charge on any atom is 0.261 e. The fourth-order valence-corrected chi connectivity index (χ4v) is 4.92. The highest BCUT2D eigenvalue weighted by atomic mass is 79.9. The number of thiazole rings is 1. The Bertz CT molecular complexity index is 1030. The summed E-state index contributed by atoms with van der Waals surface area (Å²) in [5, 5.41) is 0.975. The second-order valence-electron chi connectivity index (χ2n) is 6.75. The van der Waals surface area contributed by atoms with Gasteiger partial charge >= 0.3 is 0 Å². The van der Waals surface area contributed by atoms with E-state index >= 15 is 0 Å². The van der Waals surface area contributed by atoms with Gasteiger partial charge in [0.05, 0.1) is 24.8 Å². The van der Waals surface area contributed by atoms with Gasteiger partial charge in [0.1, 0.15) is 21.7 Å². The number of likely N-dealkylation sites (N-methyl/N-ethyl adjacent to an activating group) is 1. The van der Waals surface area contributed by atoms with Crippen molar-refractivity contribution in [3.8, 4) is 11.5 Å². The van der Waals surface area contributed by atoms with Crippen LogP contribution in [0.2, 0.25) is 5.02 Å². The van der Waals surface area contributed by atoms with E-state index in [1.165, 1.54) is 11.3 Å². The SMILES string of the molecule is CCN(CC)CCN(C(=O)c1cc(Br)ccc1Cl)c1nc2c(OC)ccc(OC)c2s1. The van der Waals surface area contributed by atoms with Crippen molar-refractivity contribution in [3.05, 3.63) is 45.4 Å². The molecule has 3 aromatic rings. The molecule has 0 saturated heterocycles. The molecule has 0 bridgehead atoms.